The summed E-state index contributed by atoms with van der Waals surface area (Å²) in [4.78, 5) is 3.03. The van der Waals surface area contributed by atoms with E-state index < -0.39 is 0 Å². The van der Waals surface area contributed by atoms with Crippen LogP contribution in [0, 0.1) is 5.92 Å². The van der Waals surface area contributed by atoms with Crippen molar-refractivity contribution in [3.8, 4) is 0 Å². The van der Waals surface area contributed by atoms with Crippen molar-refractivity contribution in [1.29, 1.82) is 0 Å². The number of rotatable bonds is 3. The number of aryl methyl sites for hydroxylation is 2. The molecule has 16 heavy (non-hydrogen) atoms. The van der Waals surface area contributed by atoms with Crippen LogP contribution < -0.4 is 5.73 Å². The second-order valence-electron chi connectivity index (χ2n) is 5.07. The minimum Gasteiger partial charge on any atom is -0.323 e. The van der Waals surface area contributed by atoms with Gasteiger partial charge in [0.25, 0.3) is 0 Å². The van der Waals surface area contributed by atoms with Gasteiger partial charge in [0.15, 0.2) is 0 Å². The third kappa shape index (κ3) is 2.49. The molecule has 1 aliphatic carbocycles. The zero-order chi connectivity index (χ0) is 11.5. The van der Waals surface area contributed by atoms with Gasteiger partial charge in [-0.15, -0.1) is 11.3 Å². The fourth-order valence-electron chi connectivity index (χ4n) is 2.39. The molecule has 2 unspecified atom stereocenters. The molecule has 2 rings (SSSR count). The maximum absolute atomic E-state index is 6.31. The summed E-state index contributed by atoms with van der Waals surface area (Å²) in [6.07, 6.45) is 7.86. The second-order valence-corrected chi connectivity index (χ2v) is 6.24. The Morgan fingerprint density at radius 2 is 2.06 bits per heavy atom. The summed E-state index contributed by atoms with van der Waals surface area (Å²) in [5, 5.41) is 0. The van der Waals surface area contributed by atoms with Crippen molar-refractivity contribution in [2.75, 3.05) is 0 Å². The first kappa shape index (κ1) is 12.1. The van der Waals surface area contributed by atoms with E-state index in [-0.39, 0.29) is 6.04 Å². The Hall–Kier alpha value is -0.340. The van der Waals surface area contributed by atoms with Crippen LogP contribution in [0.5, 0.6) is 0 Å². The van der Waals surface area contributed by atoms with Crippen molar-refractivity contribution in [3.63, 3.8) is 0 Å². The molecule has 1 aromatic rings. The number of fused-ring (bicyclic) bond motifs is 1. The summed E-state index contributed by atoms with van der Waals surface area (Å²) in [5.74, 6) is 0.599. The summed E-state index contributed by atoms with van der Waals surface area (Å²) in [7, 11) is 0. The van der Waals surface area contributed by atoms with E-state index in [1.165, 1.54) is 43.4 Å². The molecule has 1 nitrogen and oxygen atoms in total. The van der Waals surface area contributed by atoms with Crippen LogP contribution in [0.3, 0.4) is 0 Å². The highest BCUT2D eigenvalue weighted by Crippen LogP contribution is 2.34. The second kappa shape index (κ2) is 5.33. The maximum Gasteiger partial charge on any atom is 0.0415 e. The van der Waals surface area contributed by atoms with E-state index in [0.717, 1.165) is 0 Å². The molecule has 2 N–H and O–H groups in total. The molecular formula is C14H23NS. The van der Waals surface area contributed by atoms with Crippen LogP contribution in [0.15, 0.2) is 6.07 Å². The molecule has 0 saturated heterocycles. The van der Waals surface area contributed by atoms with Gasteiger partial charge < -0.3 is 5.73 Å². The molecule has 0 aliphatic heterocycles. The zero-order valence-corrected chi connectivity index (χ0v) is 11.3. The molecule has 1 aliphatic rings. The molecule has 0 amide bonds. The molecule has 0 bridgehead atoms. The summed E-state index contributed by atoms with van der Waals surface area (Å²) < 4.78 is 0. The topological polar surface area (TPSA) is 26.0 Å². The van der Waals surface area contributed by atoms with Crippen LogP contribution in [-0.2, 0) is 12.8 Å². The van der Waals surface area contributed by atoms with E-state index in [1.54, 1.807) is 10.4 Å². The first-order valence-electron chi connectivity index (χ1n) is 6.59. The normalized spacial score (nSPS) is 19.9. The third-order valence-electron chi connectivity index (χ3n) is 3.85. The average molecular weight is 237 g/mol. The molecule has 1 aromatic heterocycles. The quantitative estimate of drug-likeness (QED) is 0.788. The van der Waals surface area contributed by atoms with Gasteiger partial charge in [-0.25, -0.2) is 0 Å². The van der Waals surface area contributed by atoms with Gasteiger partial charge in [0.05, 0.1) is 0 Å². The molecule has 1 heterocycles. The first-order valence-corrected chi connectivity index (χ1v) is 7.41. The minimum atomic E-state index is 0.252. The van der Waals surface area contributed by atoms with E-state index in [1.807, 2.05) is 11.3 Å². The van der Waals surface area contributed by atoms with Crippen LogP contribution in [0.4, 0.5) is 0 Å². The zero-order valence-electron chi connectivity index (χ0n) is 10.5. The maximum atomic E-state index is 6.31. The molecule has 0 spiro atoms. The van der Waals surface area contributed by atoms with Crippen molar-refractivity contribution in [3.05, 3.63) is 21.4 Å². The number of thiophene rings is 1. The molecule has 0 fully saturated rings. The van der Waals surface area contributed by atoms with Crippen molar-refractivity contribution < 1.29 is 0 Å². The van der Waals surface area contributed by atoms with Crippen LogP contribution in [-0.4, -0.2) is 0 Å². The highest BCUT2D eigenvalue weighted by Gasteiger charge is 2.19. The van der Waals surface area contributed by atoms with Gasteiger partial charge in [0.2, 0.25) is 0 Å². The van der Waals surface area contributed by atoms with Crippen molar-refractivity contribution >= 4 is 11.3 Å². The Balaban J connectivity index is 2.17. The number of hydrogen-bond acceptors (Lipinski definition) is 2. The molecule has 2 atom stereocenters. The van der Waals surface area contributed by atoms with Gasteiger partial charge in [-0.3, -0.25) is 0 Å². The predicted molar refractivity (Wildman–Crippen MR) is 72.0 cm³/mol. The lowest BCUT2D eigenvalue weighted by Crippen LogP contribution is -2.17. The van der Waals surface area contributed by atoms with Crippen LogP contribution >= 0.6 is 11.3 Å². The summed E-state index contributed by atoms with van der Waals surface area (Å²) in [6, 6.07) is 2.64. The fraction of sp³-hybridized carbons (Fsp3) is 0.714. The Morgan fingerprint density at radius 1 is 1.31 bits per heavy atom. The molecule has 0 aromatic carbocycles. The van der Waals surface area contributed by atoms with E-state index in [4.69, 9.17) is 5.73 Å². The molecular weight excluding hydrogens is 214 g/mol. The standard InChI is InChI=1S/C14H23NS/c1-3-10(2)14(15)13-9-11-7-5-4-6-8-12(11)16-13/h9-10,14H,3-8,15H2,1-2H3. The highest BCUT2D eigenvalue weighted by atomic mass is 32.1. The summed E-state index contributed by atoms with van der Waals surface area (Å²) in [5.41, 5.74) is 7.90. The average Bonchev–Trinajstić information content (AvgIpc) is 2.58. The van der Waals surface area contributed by atoms with Gasteiger partial charge in [0, 0.05) is 15.8 Å². The Labute approximate surface area is 103 Å². The predicted octanol–water partition coefficient (Wildman–Crippen LogP) is 4.06. The SMILES string of the molecule is CCC(C)C(N)c1cc2c(s1)CCCCC2. The smallest absolute Gasteiger partial charge is 0.0415 e. The monoisotopic (exact) mass is 237 g/mol. The van der Waals surface area contributed by atoms with Gasteiger partial charge in [-0.05, 0) is 43.2 Å². The Kier molecular flexibility index (Phi) is 4.04. The summed E-state index contributed by atoms with van der Waals surface area (Å²) in [6.45, 7) is 4.48. The molecule has 0 radical (unpaired) electrons. The van der Waals surface area contributed by atoms with Crippen LogP contribution in [0.2, 0.25) is 0 Å². The van der Waals surface area contributed by atoms with E-state index in [2.05, 4.69) is 19.9 Å². The summed E-state index contributed by atoms with van der Waals surface area (Å²) >= 11 is 1.98. The highest BCUT2D eigenvalue weighted by molar-refractivity contribution is 7.12. The van der Waals surface area contributed by atoms with Crippen LogP contribution in [0.1, 0.15) is 60.9 Å². The number of nitrogens with two attached hydrogens (primary N) is 1. The third-order valence-corrected chi connectivity index (χ3v) is 5.19. The lowest BCUT2D eigenvalue weighted by molar-refractivity contribution is 0.462. The van der Waals surface area contributed by atoms with Gasteiger partial charge in [0.1, 0.15) is 0 Å². The Bertz CT molecular complexity index is 319. The lowest BCUT2D eigenvalue weighted by atomic mass is 9.98. The fourth-order valence-corrected chi connectivity index (χ4v) is 3.78. The van der Waals surface area contributed by atoms with E-state index in [9.17, 15) is 0 Å². The molecule has 2 heteroatoms. The molecule has 0 saturated carbocycles. The first-order chi connectivity index (χ1) is 7.72. The van der Waals surface area contributed by atoms with E-state index in [0.29, 0.717) is 5.92 Å². The lowest BCUT2D eigenvalue weighted by Gasteiger charge is -2.16. The van der Waals surface area contributed by atoms with Crippen LogP contribution in [0.25, 0.3) is 0 Å². The number of hydrogen-bond donors (Lipinski definition) is 1. The van der Waals surface area contributed by atoms with Crippen molar-refractivity contribution in [1.82, 2.24) is 0 Å². The van der Waals surface area contributed by atoms with Gasteiger partial charge >= 0.3 is 0 Å². The van der Waals surface area contributed by atoms with Crippen molar-refractivity contribution in [2.45, 2.75) is 58.4 Å². The molecule has 90 valence electrons. The van der Waals surface area contributed by atoms with Crippen molar-refractivity contribution in [2.24, 2.45) is 11.7 Å². The largest absolute Gasteiger partial charge is 0.323 e. The van der Waals surface area contributed by atoms with Gasteiger partial charge in [-0.2, -0.15) is 0 Å². The van der Waals surface area contributed by atoms with E-state index >= 15 is 0 Å². The Morgan fingerprint density at radius 3 is 2.81 bits per heavy atom. The van der Waals surface area contributed by atoms with Gasteiger partial charge in [-0.1, -0.05) is 26.7 Å². The minimum absolute atomic E-state index is 0.252.